The van der Waals surface area contributed by atoms with Crippen molar-refractivity contribution in [3.63, 3.8) is 0 Å². The van der Waals surface area contributed by atoms with Gasteiger partial charge in [0.05, 0.1) is 5.56 Å². The van der Waals surface area contributed by atoms with Gasteiger partial charge < -0.3 is 9.51 Å². The second kappa shape index (κ2) is 4.96. The number of hydrogen-bond acceptors (Lipinski definition) is 4. The standard InChI is InChI=1S/C17H11N3O2/c21-15-10-13(12-8-4-5-9-14(12)18-15)17-19-16(20-22-17)11-6-2-1-3-7-11/h1-10H,(H,18,21). The number of benzene rings is 2. The first-order chi connectivity index (χ1) is 10.8. The molecule has 0 aliphatic rings. The Kier molecular flexibility index (Phi) is 2.83. The molecule has 4 aromatic rings. The average molecular weight is 289 g/mol. The Labute approximate surface area is 125 Å². The molecule has 106 valence electrons. The zero-order chi connectivity index (χ0) is 14.9. The van der Waals surface area contributed by atoms with Crippen LogP contribution in [0, 0.1) is 0 Å². The zero-order valence-corrected chi connectivity index (χ0v) is 11.5. The molecule has 0 atom stereocenters. The van der Waals surface area contributed by atoms with Crippen molar-refractivity contribution in [2.24, 2.45) is 0 Å². The van der Waals surface area contributed by atoms with Gasteiger partial charge >= 0.3 is 0 Å². The smallest absolute Gasteiger partial charge is 0.259 e. The maximum absolute atomic E-state index is 11.8. The van der Waals surface area contributed by atoms with Gasteiger partial charge in [-0.15, -0.1) is 0 Å². The van der Waals surface area contributed by atoms with Crippen LogP contribution in [0.15, 0.2) is 70.0 Å². The molecule has 0 spiro atoms. The van der Waals surface area contributed by atoms with Crippen LogP contribution in [0.4, 0.5) is 0 Å². The molecule has 0 saturated heterocycles. The van der Waals surface area contributed by atoms with E-state index in [-0.39, 0.29) is 5.56 Å². The van der Waals surface area contributed by atoms with E-state index >= 15 is 0 Å². The summed E-state index contributed by atoms with van der Waals surface area (Å²) in [6.45, 7) is 0. The summed E-state index contributed by atoms with van der Waals surface area (Å²) in [4.78, 5) is 19.0. The summed E-state index contributed by atoms with van der Waals surface area (Å²) >= 11 is 0. The quantitative estimate of drug-likeness (QED) is 0.615. The molecule has 0 radical (unpaired) electrons. The van der Waals surface area contributed by atoms with Crippen molar-refractivity contribution in [1.29, 1.82) is 0 Å². The lowest BCUT2D eigenvalue weighted by molar-refractivity contribution is 0.432. The first-order valence-electron chi connectivity index (χ1n) is 6.83. The van der Waals surface area contributed by atoms with Crippen molar-refractivity contribution in [2.75, 3.05) is 0 Å². The van der Waals surface area contributed by atoms with Crippen LogP contribution in [-0.4, -0.2) is 15.1 Å². The number of nitrogens with one attached hydrogen (secondary N) is 1. The Bertz CT molecular complexity index is 1000. The lowest BCUT2D eigenvalue weighted by Crippen LogP contribution is -2.04. The Morgan fingerprint density at radius 1 is 0.955 bits per heavy atom. The van der Waals surface area contributed by atoms with Crippen LogP contribution in [0.1, 0.15) is 0 Å². The Hall–Kier alpha value is -3.21. The molecule has 0 bridgehead atoms. The van der Waals surface area contributed by atoms with E-state index in [0.717, 1.165) is 16.5 Å². The predicted octanol–water partition coefficient (Wildman–Crippen LogP) is 3.25. The molecule has 5 heteroatoms. The van der Waals surface area contributed by atoms with E-state index in [1.54, 1.807) is 0 Å². The van der Waals surface area contributed by atoms with Gasteiger partial charge in [-0.2, -0.15) is 4.98 Å². The summed E-state index contributed by atoms with van der Waals surface area (Å²) in [7, 11) is 0. The number of aromatic amines is 1. The van der Waals surface area contributed by atoms with Crippen molar-refractivity contribution in [3.8, 4) is 22.8 Å². The molecule has 0 fully saturated rings. The van der Waals surface area contributed by atoms with Gasteiger partial charge in [-0.3, -0.25) is 4.79 Å². The number of H-pyrrole nitrogens is 1. The molecule has 2 aromatic heterocycles. The van der Waals surface area contributed by atoms with Gasteiger partial charge in [0.2, 0.25) is 11.4 Å². The molecular weight excluding hydrogens is 278 g/mol. The van der Waals surface area contributed by atoms with Gasteiger partial charge in [0, 0.05) is 22.5 Å². The molecular formula is C17H11N3O2. The molecule has 2 heterocycles. The minimum Gasteiger partial charge on any atom is -0.334 e. The third-order valence-electron chi connectivity index (χ3n) is 3.44. The lowest BCUT2D eigenvalue weighted by atomic mass is 10.1. The van der Waals surface area contributed by atoms with Crippen LogP contribution in [0.25, 0.3) is 33.7 Å². The minimum absolute atomic E-state index is 0.201. The van der Waals surface area contributed by atoms with Crippen molar-refractivity contribution in [3.05, 3.63) is 71.0 Å². The van der Waals surface area contributed by atoms with E-state index in [4.69, 9.17) is 4.52 Å². The molecule has 4 rings (SSSR count). The normalized spacial score (nSPS) is 10.9. The monoisotopic (exact) mass is 289 g/mol. The van der Waals surface area contributed by atoms with Crippen LogP contribution < -0.4 is 5.56 Å². The highest BCUT2D eigenvalue weighted by Gasteiger charge is 2.14. The van der Waals surface area contributed by atoms with Crippen molar-refractivity contribution >= 4 is 10.9 Å². The summed E-state index contributed by atoms with van der Waals surface area (Å²) < 4.78 is 5.35. The Morgan fingerprint density at radius 3 is 2.59 bits per heavy atom. The summed E-state index contributed by atoms with van der Waals surface area (Å²) in [6, 6.07) is 18.6. The molecule has 1 N–H and O–H groups in total. The fourth-order valence-electron chi connectivity index (χ4n) is 2.42. The van der Waals surface area contributed by atoms with Gasteiger partial charge in [-0.05, 0) is 6.07 Å². The largest absolute Gasteiger partial charge is 0.334 e. The van der Waals surface area contributed by atoms with Crippen LogP contribution in [0.5, 0.6) is 0 Å². The molecule has 0 aliphatic carbocycles. The predicted molar refractivity (Wildman–Crippen MR) is 83.3 cm³/mol. The number of pyridine rings is 1. The van der Waals surface area contributed by atoms with Crippen molar-refractivity contribution in [2.45, 2.75) is 0 Å². The molecule has 0 unspecified atom stereocenters. The Balaban J connectivity index is 1.90. The van der Waals surface area contributed by atoms with E-state index in [1.165, 1.54) is 6.07 Å². The SMILES string of the molecule is O=c1cc(-c2nc(-c3ccccc3)no2)c2ccccc2[nH]1. The molecule has 0 amide bonds. The molecule has 5 nitrogen and oxygen atoms in total. The number of para-hydroxylation sites is 1. The van der Waals surface area contributed by atoms with Gasteiger partial charge in [0.15, 0.2) is 0 Å². The van der Waals surface area contributed by atoms with Crippen LogP contribution in [0.2, 0.25) is 0 Å². The topological polar surface area (TPSA) is 71.8 Å². The van der Waals surface area contributed by atoms with E-state index in [2.05, 4.69) is 15.1 Å². The Morgan fingerprint density at radius 2 is 1.73 bits per heavy atom. The van der Waals surface area contributed by atoms with Crippen molar-refractivity contribution in [1.82, 2.24) is 15.1 Å². The average Bonchev–Trinajstić information content (AvgIpc) is 3.05. The maximum Gasteiger partial charge on any atom is 0.259 e. The van der Waals surface area contributed by atoms with Crippen LogP contribution in [-0.2, 0) is 0 Å². The number of nitrogens with zero attached hydrogens (tertiary/aromatic N) is 2. The fourth-order valence-corrected chi connectivity index (χ4v) is 2.42. The molecule has 2 aromatic carbocycles. The van der Waals surface area contributed by atoms with E-state index in [0.29, 0.717) is 17.3 Å². The first-order valence-corrected chi connectivity index (χ1v) is 6.83. The molecule has 22 heavy (non-hydrogen) atoms. The summed E-state index contributed by atoms with van der Waals surface area (Å²) in [5.74, 6) is 0.834. The third-order valence-corrected chi connectivity index (χ3v) is 3.44. The molecule has 0 aliphatic heterocycles. The van der Waals surface area contributed by atoms with Gasteiger partial charge in [-0.1, -0.05) is 53.7 Å². The molecule has 0 saturated carbocycles. The number of aromatic nitrogens is 3. The number of fused-ring (bicyclic) bond motifs is 1. The van der Waals surface area contributed by atoms with E-state index in [9.17, 15) is 4.79 Å². The fraction of sp³-hybridized carbons (Fsp3) is 0. The van der Waals surface area contributed by atoms with Gasteiger partial charge in [0.1, 0.15) is 0 Å². The van der Waals surface area contributed by atoms with Gasteiger partial charge in [-0.25, -0.2) is 0 Å². The third kappa shape index (κ3) is 2.09. The summed E-state index contributed by atoms with van der Waals surface area (Å²) in [5, 5.41) is 4.87. The van der Waals surface area contributed by atoms with Crippen LogP contribution in [0.3, 0.4) is 0 Å². The summed E-state index contributed by atoms with van der Waals surface area (Å²) in [6.07, 6.45) is 0. The summed E-state index contributed by atoms with van der Waals surface area (Å²) in [5.41, 5.74) is 2.04. The maximum atomic E-state index is 11.8. The van der Waals surface area contributed by atoms with Gasteiger partial charge in [0.25, 0.3) is 5.89 Å². The minimum atomic E-state index is -0.201. The first kappa shape index (κ1) is 12.5. The lowest BCUT2D eigenvalue weighted by Gasteiger charge is -2.01. The van der Waals surface area contributed by atoms with E-state index < -0.39 is 0 Å². The zero-order valence-electron chi connectivity index (χ0n) is 11.5. The second-order valence-corrected chi connectivity index (χ2v) is 4.88. The van der Waals surface area contributed by atoms with E-state index in [1.807, 2.05) is 54.6 Å². The highest BCUT2D eigenvalue weighted by atomic mass is 16.5. The number of hydrogen-bond donors (Lipinski definition) is 1. The number of rotatable bonds is 2. The van der Waals surface area contributed by atoms with Crippen molar-refractivity contribution < 1.29 is 4.52 Å². The second-order valence-electron chi connectivity index (χ2n) is 4.88. The highest BCUT2D eigenvalue weighted by Crippen LogP contribution is 2.26. The highest BCUT2D eigenvalue weighted by molar-refractivity contribution is 5.92. The van der Waals surface area contributed by atoms with Crippen LogP contribution >= 0.6 is 0 Å².